The van der Waals surface area contributed by atoms with Crippen molar-refractivity contribution >= 4 is 33.3 Å². The van der Waals surface area contributed by atoms with Gasteiger partial charge in [-0.15, -0.1) is 11.3 Å². The lowest BCUT2D eigenvalue weighted by molar-refractivity contribution is 0.0955. The molecule has 0 aliphatic heterocycles. The van der Waals surface area contributed by atoms with E-state index in [1.165, 1.54) is 11.3 Å². The highest BCUT2D eigenvalue weighted by Crippen LogP contribution is 2.24. The predicted octanol–water partition coefficient (Wildman–Crippen LogP) is 3.70. The molecule has 0 saturated heterocycles. The second-order valence-electron chi connectivity index (χ2n) is 6.34. The fourth-order valence-electron chi connectivity index (χ4n) is 3.04. The smallest absolute Gasteiger partial charge is 0.252 e. The lowest BCUT2D eigenvalue weighted by Gasteiger charge is -2.10. The maximum atomic E-state index is 12.9. The summed E-state index contributed by atoms with van der Waals surface area (Å²) in [5, 5.41) is 6.38. The van der Waals surface area contributed by atoms with Crippen molar-refractivity contribution in [1.82, 2.24) is 20.3 Å². The van der Waals surface area contributed by atoms with E-state index in [0.717, 1.165) is 40.7 Å². The van der Waals surface area contributed by atoms with E-state index >= 15 is 0 Å². The fourth-order valence-corrected chi connectivity index (χ4v) is 3.64. The van der Waals surface area contributed by atoms with Gasteiger partial charge in [0.05, 0.1) is 22.5 Å². The van der Waals surface area contributed by atoms with Crippen molar-refractivity contribution < 1.29 is 4.79 Å². The minimum absolute atomic E-state index is 0.105. The summed E-state index contributed by atoms with van der Waals surface area (Å²) in [4.78, 5) is 25.9. The highest BCUT2D eigenvalue weighted by Gasteiger charge is 2.13. The van der Waals surface area contributed by atoms with Crippen LogP contribution in [0, 0.1) is 0 Å². The Hall–Kier alpha value is -3.32. The van der Waals surface area contributed by atoms with Gasteiger partial charge < -0.3 is 11.1 Å². The maximum absolute atomic E-state index is 12.9. The van der Waals surface area contributed by atoms with E-state index in [1.807, 2.05) is 47.8 Å². The number of para-hydroxylation sites is 1. The third kappa shape index (κ3) is 3.99. The Kier molecular flexibility index (Phi) is 5.25. The molecule has 140 valence electrons. The van der Waals surface area contributed by atoms with Crippen molar-refractivity contribution in [3.8, 4) is 11.3 Å². The second kappa shape index (κ2) is 8.14. The summed E-state index contributed by atoms with van der Waals surface area (Å²) < 4.78 is 0. The SMILES string of the molecule is Nc1nc(CCCNC(=O)c2cc(-c3ccncc3)nc3ccccc23)cs1. The number of carbonyl (C=O) groups excluding carboxylic acids is 1. The number of hydrogen-bond donors (Lipinski definition) is 2. The highest BCUT2D eigenvalue weighted by molar-refractivity contribution is 7.13. The molecule has 3 aromatic heterocycles. The van der Waals surface area contributed by atoms with Gasteiger partial charge >= 0.3 is 0 Å². The van der Waals surface area contributed by atoms with Crippen molar-refractivity contribution in [1.29, 1.82) is 0 Å². The molecule has 0 aliphatic rings. The van der Waals surface area contributed by atoms with Crippen molar-refractivity contribution in [3.05, 3.63) is 71.5 Å². The third-order valence-corrected chi connectivity index (χ3v) is 5.12. The zero-order valence-corrected chi connectivity index (χ0v) is 15.9. The molecule has 0 aliphatic carbocycles. The Labute approximate surface area is 166 Å². The number of rotatable bonds is 6. The van der Waals surface area contributed by atoms with E-state index in [4.69, 9.17) is 10.7 Å². The number of thiazole rings is 1. The average Bonchev–Trinajstić information content (AvgIpc) is 3.16. The summed E-state index contributed by atoms with van der Waals surface area (Å²) in [6, 6.07) is 13.3. The number of pyridine rings is 2. The number of nitrogen functional groups attached to an aromatic ring is 1. The molecular formula is C21H19N5OS. The van der Waals surface area contributed by atoms with Gasteiger partial charge in [0, 0.05) is 35.3 Å². The van der Waals surface area contributed by atoms with Gasteiger partial charge in [0.1, 0.15) is 0 Å². The first kappa shape index (κ1) is 18.1. The summed E-state index contributed by atoms with van der Waals surface area (Å²) >= 11 is 1.43. The van der Waals surface area contributed by atoms with E-state index in [2.05, 4.69) is 15.3 Å². The molecule has 6 nitrogen and oxygen atoms in total. The summed E-state index contributed by atoms with van der Waals surface area (Å²) in [7, 11) is 0. The van der Waals surface area contributed by atoms with Gasteiger partial charge in [0.2, 0.25) is 0 Å². The standard InChI is InChI=1S/C21H19N5OS/c22-21-25-15(13-28-21)4-3-9-24-20(27)17-12-19(14-7-10-23-11-8-14)26-18-6-2-1-5-16(17)18/h1-2,5-8,10-13H,3-4,9H2,(H2,22,25)(H,24,27). The van der Waals surface area contributed by atoms with Crippen LogP contribution in [0.15, 0.2) is 60.2 Å². The predicted molar refractivity (Wildman–Crippen MR) is 112 cm³/mol. The average molecular weight is 389 g/mol. The molecule has 7 heteroatoms. The number of anilines is 1. The first-order valence-electron chi connectivity index (χ1n) is 8.99. The Bertz CT molecular complexity index is 1110. The van der Waals surface area contributed by atoms with Crippen LogP contribution in [-0.2, 0) is 6.42 Å². The normalized spacial score (nSPS) is 10.9. The van der Waals surface area contributed by atoms with Crippen molar-refractivity contribution in [2.75, 3.05) is 12.3 Å². The van der Waals surface area contributed by atoms with E-state index < -0.39 is 0 Å². The van der Waals surface area contributed by atoms with E-state index in [1.54, 1.807) is 12.4 Å². The molecule has 3 heterocycles. The maximum Gasteiger partial charge on any atom is 0.252 e. The van der Waals surface area contributed by atoms with Crippen LogP contribution < -0.4 is 11.1 Å². The first-order valence-corrected chi connectivity index (χ1v) is 9.87. The number of nitrogens with one attached hydrogen (secondary N) is 1. The van der Waals surface area contributed by atoms with Gasteiger partial charge in [-0.25, -0.2) is 9.97 Å². The van der Waals surface area contributed by atoms with Gasteiger partial charge in [-0.2, -0.15) is 0 Å². The molecule has 0 unspecified atom stereocenters. The molecule has 28 heavy (non-hydrogen) atoms. The second-order valence-corrected chi connectivity index (χ2v) is 7.23. The van der Waals surface area contributed by atoms with Gasteiger partial charge in [0.25, 0.3) is 5.91 Å². The summed E-state index contributed by atoms with van der Waals surface area (Å²) in [6.45, 7) is 0.567. The topological polar surface area (TPSA) is 93.8 Å². The largest absolute Gasteiger partial charge is 0.375 e. The van der Waals surface area contributed by atoms with Gasteiger partial charge in [-0.05, 0) is 37.1 Å². The number of nitrogens with zero attached hydrogens (tertiary/aromatic N) is 3. The van der Waals surface area contributed by atoms with Crippen LogP contribution in [0.2, 0.25) is 0 Å². The van der Waals surface area contributed by atoms with Gasteiger partial charge in [0.15, 0.2) is 5.13 Å². The van der Waals surface area contributed by atoms with Crippen LogP contribution in [0.4, 0.5) is 5.13 Å². The fraction of sp³-hybridized carbons (Fsp3) is 0.143. The van der Waals surface area contributed by atoms with Crippen LogP contribution in [0.1, 0.15) is 22.5 Å². The molecule has 4 rings (SSSR count). The number of carbonyl (C=O) groups is 1. The van der Waals surface area contributed by atoms with E-state index in [9.17, 15) is 4.79 Å². The number of fused-ring (bicyclic) bond motifs is 1. The summed E-state index contributed by atoms with van der Waals surface area (Å²) in [6.07, 6.45) is 5.02. The zero-order chi connectivity index (χ0) is 19.3. The highest BCUT2D eigenvalue weighted by atomic mass is 32.1. The lowest BCUT2D eigenvalue weighted by Crippen LogP contribution is -2.25. The molecule has 0 saturated carbocycles. The van der Waals surface area contributed by atoms with Crippen LogP contribution in [0.5, 0.6) is 0 Å². The summed E-state index contributed by atoms with van der Waals surface area (Å²) in [5.74, 6) is -0.105. The molecule has 0 atom stereocenters. The first-order chi connectivity index (χ1) is 13.7. The van der Waals surface area contributed by atoms with Gasteiger partial charge in [-0.3, -0.25) is 9.78 Å². The Morgan fingerprint density at radius 3 is 2.71 bits per heavy atom. The summed E-state index contributed by atoms with van der Waals surface area (Å²) in [5.41, 5.74) is 9.71. The van der Waals surface area contributed by atoms with Crippen LogP contribution in [0.3, 0.4) is 0 Å². The third-order valence-electron chi connectivity index (χ3n) is 4.40. The minimum atomic E-state index is -0.105. The molecule has 1 amide bonds. The number of aromatic nitrogens is 3. The molecular weight excluding hydrogens is 370 g/mol. The molecule has 4 aromatic rings. The van der Waals surface area contributed by atoms with Gasteiger partial charge in [-0.1, -0.05) is 18.2 Å². The van der Waals surface area contributed by atoms with Crippen molar-refractivity contribution in [2.24, 2.45) is 0 Å². The quantitative estimate of drug-likeness (QED) is 0.491. The lowest BCUT2D eigenvalue weighted by atomic mass is 10.0. The number of hydrogen-bond acceptors (Lipinski definition) is 6. The van der Waals surface area contributed by atoms with Crippen LogP contribution in [0.25, 0.3) is 22.2 Å². The zero-order valence-electron chi connectivity index (χ0n) is 15.1. The number of aryl methyl sites for hydroxylation is 1. The molecule has 0 fully saturated rings. The van der Waals surface area contributed by atoms with Crippen molar-refractivity contribution in [2.45, 2.75) is 12.8 Å². The molecule has 0 radical (unpaired) electrons. The molecule has 1 aromatic carbocycles. The Morgan fingerprint density at radius 2 is 1.93 bits per heavy atom. The number of amides is 1. The van der Waals surface area contributed by atoms with E-state index in [-0.39, 0.29) is 5.91 Å². The molecule has 0 spiro atoms. The number of benzene rings is 1. The minimum Gasteiger partial charge on any atom is -0.375 e. The van der Waals surface area contributed by atoms with E-state index in [0.29, 0.717) is 17.2 Å². The Morgan fingerprint density at radius 1 is 1.11 bits per heavy atom. The van der Waals surface area contributed by atoms with Crippen LogP contribution >= 0.6 is 11.3 Å². The van der Waals surface area contributed by atoms with Crippen LogP contribution in [-0.4, -0.2) is 27.4 Å². The monoisotopic (exact) mass is 389 g/mol. The number of nitrogens with two attached hydrogens (primary N) is 1. The van der Waals surface area contributed by atoms with Crippen molar-refractivity contribution in [3.63, 3.8) is 0 Å². The Balaban J connectivity index is 1.53. The molecule has 3 N–H and O–H groups in total. The molecule has 0 bridgehead atoms.